The molecule has 1 fully saturated rings. The molecule has 0 amide bonds. The normalized spacial score (nSPS) is 18.6. The molecule has 1 aromatic heterocycles. The molecule has 0 saturated carbocycles. The first kappa shape index (κ1) is 15.7. The zero-order valence-electron chi connectivity index (χ0n) is 12.9. The van der Waals surface area contributed by atoms with E-state index in [1.165, 1.54) is 17.0 Å². The van der Waals surface area contributed by atoms with Crippen LogP contribution in [0.25, 0.3) is 0 Å². The third kappa shape index (κ3) is 3.93. The van der Waals surface area contributed by atoms with Crippen LogP contribution in [0.1, 0.15) is 43.7 Å². The van der Waals surface area contributed by atoms with Crippen molar-refractivity contribution in [1.29, 1.82) is 0 Å². The number of nitrogens with zero attached hydrogens (tertiary/aromatic N) is 2. The zero-order chi connectivity index (χ0) is 14.4. The molecule has 1 saturated heterocycles. The highest BCUT2D eigenvalue weighted by Gasteiger charge is 2.23. The smallest absolute Gasteiger partial charge is 0.185 e. The van der Waals surface area contributed by atoms with Crippen molar-refractivity contribution in [1.82, 2.24) is 10.3 Å². The molecule has 20 heavy (non-hydrogen) atoms. The molecular weight excluding hydrogens is 270 g/mol. The minimum atomic E-state index is 0.493. The summed E-state index contributed by atoms with van der Waals surface area (Å²) in [6, 6.07) is 0.493. The van der Waals surface area contributed by atoms with Gasteiger partial charge in [-0.25, -0.2) is 4.98 Å². The number of thiazole rings is 1. The summed E-state index contributed by atoms with van der Waals surface area (Å²) in [5, 5.41) is 4.65. The predicted molar refractivity (Wildman–Crippen MR) is 85.7 cm³/mol. The van der Waals surface area contributed by atoms with Crippen LogP contribution in [0.15, 0.2) is 0 Å². The summed E-state index contributed by atoms with van der Waals surface area (Å²) in [5.74, 6) is 0. The topological polar surface area (TPSA) is 37.4 Å². The van der Waals surface area contributed by atoms with Crippen LogP contribution in [0.5, 0.6) is 0 Å². The van der Waals surface area contributed by atoms with E-state index in [0.717, 1.165) is 50.7 Å². The highest BCUT2D eigenvalue weighted by molar-refractivity contribution is 7.15. The van der Waals surface area contributed by atoms with Crippen LogP contribution in [0.4, 0.5) is 5.13 Å². The first-order valence-corrected chi connectivity index (χ1v) is 8.57. The lowest BCUT2D eigenvalue weighted by Crippen LogP contribution is -2.31. The third-order valence-corrected chi connectivity index (χ3v) is 4.91. The number of likely N-dealkylation sites (N-methyl/N-ethyl adjacent to an activating group) is 1. The minimum absolute atomic E-state index is 0.493. The summed E-state index contributed by atoms with van der Waals surface area (Å²) in [5.41, 5.74) is 1.28. The van der Waals surface area contributed by atoms with E-state index < -0.39 is 0 Å². The van der Waals surface area contributed by atoms with Crippen LogP contribution in [0, 0.1) is 0 Å². The summed E-state index contributed by atoms with van der Waals surface area (Å²) >= 11 is 1.84. The number of ether oxygens (including phenoxy) is 1. The van der Waals surface area contributed by atoms with Crippen molar-refractivity contribution in [3.05, 3.63) is 10.6 Å². The van der Waals surface area contributed by atoms with E-state index in [0.29, 0.717) is 6.04 Å². The molecule has 0 spiro atoms. The maximum Gasteiger partial charge on any atom is 0.185 e. The van der Waals surface area contributed by atoms with Crippen molar-refractivity contribution >= 4 is 16.5 Å². The molecule has 0 aliphatic carbocycles. The number of aromatic nitrogens is 1. The van der Waals surface area contributed by atoms with Gasteiger partial charge in [0.05, 0.1) is 18.3 Å². The minimum Gasteiger partial charge on any atom is -0.379 e. The lowest BCUT2D eigenvalue weighted by Gasteiger charge is -2.21. The van der Waals surface area contributed by atoms with Gasteiger partial charge in [0, 0.05) is 25.1 Å². The van der Waals surface area contributed by atoms with Gasteiger partial charge in [-0.15, -0.1) is 11.3 Å². The molecule has 0 radical (unpaired) electrons. The molecule has 2 heterocycles. The Morgan fingerprint density at radius 3 is 2.90 bits per heavy atom. The lowest BCUT2D eigenvalue weighted by molar-refractivity contribution is 0.193. The molecule has 114 valence electrons. The molecule has 1 aliphatic heterocycles. The molecular formula is C15H27N3OS. The molecule has 4 nitrogen and oxygen atoms in total. The van der Waals surface area contributed by atoms with Crippen LogP contribution < -0.4 is 10.2 Å². The van der Waals surface area contributed by atoms with Crippen LogP contribution >= 0.6 is 11.3 Å². The van der Waals surface area contributed by atoms with Gasteiger partial charge in [0.25, 0.3) is 0 Å². The fraction of sp³-hybridized carbons (Fsp3) is 0.800. The van der Waals surface area contributed by atoms with Gasteiger partial charge >= 0.3 is 0 Å². The van der Waals surface area contributed by atoms with Crippen molar-refractivity contribution in [2.75, 3.05) is 31.7 Å². The molecule has 0 aromatic carbocycles. The van der Waals surface area contributed by atoms with Crippen molar-refractivity contribution in [3.8, 4) is 0 Å². The van der Waals surface area contributed by atoms with Gasteiger partial charge < -0.3 is 15.0 Å². The first-order chi connectivity index (χ1) is 9.76. The average Bonchev–Trinajstić information content (AvgIpc) is 3.09. The number of nitrogens with one attached hydrogen (secondary N) is 1. The maximum atomic E-state index is 5.49. The van der Waals surface area contributed by atoms with E-state index in [1.54, 1.807) is 0 Å². The summed E-state index contributed by atoms with van der Waals surface area (Å²) in [4.78, 5) is 8.58. The van der Waals surface area contributed by atoms with Crippen molar-refractivity contribution in [2.45, 2.75) is 52.1 Å². The van der Waals surface area contributed by atoms with Crippen LogP contribution in [-0.4, -0.2) is 37.8 Å². The van der Waals surface area contributed by atoms with E-state index in [1.807, 2.05) is 11.3 Å². The summed E-state index contributed by atoms with van der Waals surface area (Å²) in [6.45, 7) is 8.17. The number of anilines is 1. The van der Waals surface area contributed by atoms with Crippen molar-refractivity contribution < 1.29 is 4.74 Å². The Kier molecular flexibility index (Phi) is 6.26. The van der Waals surface area contributed by atoms with Crippen LogP contribution in [-0.2, 0) is 17.7 Å². The average molecular weight is 297 g/mol. The fourth-order valence-corrected chi connectivity index (χ4v) is 3.56. The Morgan fingerprint density at radius 2 is 2.25 bits per heavy atom. The summed E-state index contributed by atoms with van der Waals surface area (Å²) in [7, 11) is 2.15. The highest BCUT2D eigenvalue weighted by Crippen LogP contribution is 2.29. The van der Waals surface area contributed by atoms with Crippen LogP contribution in [0.3, 0.4) is 0 Å². The monoisotopic (exact) mass is 297 g/mol. The molecule has 1 atom stereocenters. The Hall–Kier alpha value is -0.650. The molecule has 0 bridgehead atoms. The molecule has 1 aromatic rings. The number of hydrogen-bond acceptors (Lipinski definition) is 5. The van der Waals surface area contributed by atoms with Gasteiger partial charge in [0.15, 0.2) is 5.13 Å². The van der Waals surface area contributed by atoms with Crippen LogP contribution in [0.2, 0.25) is 0 Å². The lowest BCUT2D eigenvalue weighted by atomic mass is 10.2. The second-order valence-electron chi connectivity index (χ2n) is 5.42. The zero-order valence-corrected chi connectivity index (χ0v) is 13.8. The van der Waals surface area contributed by atoms with E-state index >= 15 is 0 Å². The van der Waals surface area contributed by atoms with Gasteiger partial charge in [-0.2, -0.15) is 0 Å². The largest absolute Gasteiger partial charge is 0.379 e. The maximum absolute atomic E-state index is 5.49. The Bertz CT molecular complexity index is 402. The Morgan fingerprint density at radius 1 is 1.40 bits per heavy atom. The van der Waals surface area contributed by atoms with Gasteiger partial charge in [0.1, 0.15) is 0 Å². The number of aryl methyl sites for hydroxylation is 1. The van der Waals surface area contributed by atoms with Gasteiger partial charge in [-0.3, -0.25) is 0 Å². The summed E-state index contributed by atoms with van der Waals surface area (Å²) < 4.78 is 5.49. The Labute approximate surface area is 126 Å². The quantitative estimate of drug-likeness (QED) is 0.749. The summed E-state index contributed by atoms with van der Waals surface area (Å²) in [6.07, 6.45) is 4.52. The SMILES string of the molecule is CCCNCc1sc(N(C)C2CCOC2)nc1CCC. The molecule has 1 N–H and O–H groups in total. The van der Waals surface area contributed by atoms with Crippen molar-refractivity contribution in [3.63, 3.8) is 0 Å². The first-order valence-electron chi connectivity index (χ1n) is 7.76. The van der Waals surface area contributed by atoms with Gasteiger partial charge in [-0.05, 0) is 25.8 Å². The van der Waals surface area contributed by atoms with E-state index in [2.05, 4.69) is 31.1 Å². The van der Waals surface area contributed by atoms with E-state index in [-0.39, 0.29) is 0 Å². The molecule has 5 heteroatoms. The van der Waals surface area contributed by atoms with Crippen molar-refractivity contribution in [2.24, 2.45) is 0 Å². The van der Waals surface area contributed by atoms with E-state index in [4.69, 9.17) is 9.72 Å². The number of hydrogen-bond donors (Lipinski definition) is 1. The standard InChI is InChI=1S/C15H27N3OS/c1-4-6-13-14(10-16-8-5-2)20-15(17-13)18(3)12-7-9-19-11-12/h12,16H,4-11H2,1-3H3. The number of rotatable bonds is 8. The molecule has 2 rings (SSSR count). The Balaban J connectivity index is 2.06. The van der Waals surface area contributed by atoms with Gasteiger partial charge in [0.2, 0.25) is 0 Å². The highest BCUT2D eigenvalue weighted by atomic mass is 32.1. The second-order valence-corrected chi connectivity index (χ2v) is 6.48. The molecule has 1 aliphatic rings. The second kappa shape index (κ2) is 7.96. The third-order valence-electron chi connectivity index (χ3n) is 3.72. The van der Waals surface area contributed by atoms with E-state index in [9.17, 15) is 0 Å². The fourth-order valence-electron chi connectivity index (χ4n) is 2.45. The molecule has 1 unspecified atom stereocenters. The predicted octanol–water partition coefficient (Wildman–Crippen LogP) is 2.82. The van der Waals surface area contributed by atoms with Gasteiger partial charge in [-0.1, -0.05) is 20.3 Å².